The number of nitro groups is 1. The lowest BCUT2D eigenvalue weighted by Crippen LogP contribution is -2.01. The van der Waals surface area contributed by atoms with E-state index in [4.69, 9.17) is 0 Å². The number of nitrogens with zero attached hydrogens (tertiary/aromatic N) is 4. The van der Waals surface area contributed by atoms with Gasteiger partial charge in [0.2, 0.25) is 5.95 Å². The van der Waals surface area contributed by atoms with Crippen molar-refractivity contribution in [2.24, 2.45) is 5.10 Å². The quantitative estimate of drug-likeness (QED) is 0.263. The van der Waals surface area contributed by atoms with Crippen LogP contribution in [0.25, 0.3) is 22.5 Å². The van der Waals surface area contributed by atoms with Crippen molar-refractivity contribution in [2.45, 2.75) is 0 Å². The molecule has 0 amide bonds. The summed E-state index contributed by atoms with van der Waals surface area (Å²) in [6, 6.07) is 23.6. The average molecular weight is 413 g/mol. The third-order valence-corrected chi connectivity index (χ3v) is 4.44. The van der Waals surface area contributed by atoms with Gasteiger partial charge >= 0.3 is 0 Å². The molecule has 0 aliphatic rings. The van der Waals surface area contributed by atoms with Crippen molar-refractivity contribution < 1.29 is 9.31 Å². The van der Waals surface area contributed by atoms with Gasteiger partial charge in [0.25, 0.3) is 5.69 Å². The lowest BCUT2D eigenvalue weighted by molar-refractivity contribution is -0.385. The van der Waals surface area contributed by atoms with Crippen molar-refractivity contribution in [1.82, 2.24) is 9.97 Å². The molecular formula is C23H16FN5O2. The highest BCUT2D eigenvalue weighted by Crippen LogP contribution is 2.25. The molecule has 0 aliphatic heterocycles. The van der Waals surface area contributed by atoms with E-state index in [1.165, 1.54) is 24.4 Å². The first-order chi connectivity index (χ1) is 15.1. The van der Waals surface area contributed by atoms with E-state index in [2.05, 4.69) is 20.5 Å². The van der Waals surface area contributed by atoms with E-state index in [0.29, 0.717) is 22.5 Å². The van der Waals surface area contributed by atoms with Crippen LogP contribution in [0.4, 0.5) is 16.0 Å². The summed E-state index contributed by atoms with van der Waals surface area (Å²) in [5.41, 5.74) is 5.85. The number of hydrazone groups is 1. The van der Waals surface area contributed by atoms with Crippen LogP contribution in [0.1, 0.15) is 5.56 Å². The minimum Gasteiger partial charge on any atom is -0.258 e. The number of hydrogen-bond donors (Lipinski definition) is 1. The van der Waals surface area contributed by atoms with Gasteiger partial charge in [-0.2, -0.15) is 5.10 Å². The van der Waals surface area contributed by atoms with Gasteiger partial charge in [0.05, 0.1) is 28.1 Å². The number of benzene rings is 3. The molecule has 0 radical (unpaired) electrons. The van der Waals surface area contributed by atoms with Crippen molar-refractivity contribution >= 4 is 17.9 Å². The average Bonchev–Trinajstić information content (AvgIpc) is 2.80. The van der Waals surface area contributed by atoms with Gasteiger partial charge < -0.3 is 0 Å². The molecule has 0 spiro atoms. The Kier molecular flexibility index (Phi) is 5.70. The van der Waals surface area contributed by atoms with Crippen molar-refractivity contribution in [3.05, 3.63) is 106 Å². The van der Waals surface area contributed by atoms with Crippen LogP contribution in [-0.2, 0) is 0 Å². The van der Waals surface area contributed by atoms with Gasteiger partial charge in [-0.25, -0.2) is 19.8 Å². The maximum absolute atomic E-state index is 13.3. The minimum atomic E-state index is -0.472. The minimum absolute atomic E-state index is 0.0565. The van der Waals surface area contributed by atoms with Gasteiger partial charge in [-0.1, -0.05) is 42.5 Å². The third-order valence-electron chi connectivity index (χ3n) is 4.44. The van der Waals surface area contributed by atoms with Gasteiger partial charge in [-0.15, -0.1) is 0 Å². The molecule has 4 aromatic rings. The maximum Gasteiger partial charge on any atom is 0.278 e. The fourth-order valence-electron chi connectivity index (χ4n) is 2.95. The summed E-state index contributed by atoms with van der Waals surface area (Å²) in [5.74, 6) is -0.135. The molecule has 1 heterocycles. The van der Waals surface area contributed by atoms with E-state index in [1.54, 1.807) is 36.4 Å². The Bertz CT molecular complexity index is 1240. The van der Waals surface area contributed by atoms with Crippen LogP contribution in [-0.4, -0.2) is 21.1 Å². The van der Waals surface area contributed by atoms with Crippen LogP contribution in [0.3, 0.4) is 0 Å². The Hall–Kier alpha value is -4.46. The monoisotopic (exact) mass is 413 g/mol. The topological polar surface area (TPSA) is 93.3 Å². The van der Waals surface area contributed by atoms with Crippen molar-refractivity contribution in [3.63, 3.8) is 0 Å². The fourth-order valence-corrected chi connectivity index (χ4v) is 2.95. The zero-order valence-electron chi connectivity index (χ0n) is 16.1. The molecule has 0 saturated carbocycles. The van der Waals surface area contributed by atoms with Crippen LogP contribution in [0.15, 0.2) is 90.0 Å². The molecule has 1 aromatic heterocycles. The predicted molar refractivity (Wildman–Crippen MR) is 117 cm³/mol. The Morgan fingerprint density at radius 2 is 1.48 bits per heavy atom. The summed E-state index contributed by atoms with van der Waals surface area (Å²) in [7, 11) is 0. The highest BCUT2D eigenvalue weighted by Gasteiger charge is 2.11. The van der Waals surface area contributed by atoms with Crippen molar-refractivity contribution in [3.8, 4) is 22.5 Å². The van der Waals surface area contributed by atoms with E-state index in [0.717, 1.165) is 5.56 Å². The summed E-state index contributed by atoms with van der Waals surface area (Å²) < 4.78 is 13.3. The number of hydrogen-bond acceptors (Lipinski definition) is 6. The molecule has 8 heteroatoms. The Labute approximate surface area is 177 Å². The largest absolute Gasteiger partial charge is 0.278 e. The Morgan fingerprint density at radius 3 is 2.16 bits per heavy atom. The lowest BCUT2D eigenvalue weighted by atomic mass is 10.1. The Balaban J connectivity index is 1.69. The number of nitrogens with one attached hydrogen (secondary N) is 1. The van der Waals surface area contributed by atoms with E-state index >= 15 is 0 Å². The Morgan fingerprint density at radius 1 is 0.871 bits per heavy atom. The number of aromatic nitrogens is 2. The fraction of sp³-hybridized carbons (Fsp3) is 0. The standard InChI is InChI=1S/C23H16FN5O2/c24-19-12-10-17(11-13-19)21-14-20(16-6-2-1-3-7-16)26-23(27-21)28-25-15-18-8-4-5-9-22(18)29(30)31/h1-15H,(H,26,27,28)/b25-15+. The summed E-state index contributed by atoms with van der Waals surface area (Å²) in [5, 5.41) is 15.2. The number of halogens is 1. The molecule has 0 saturated heterocycles. The van der Waals surface area contributed by atoms with E-state index in [1.807, 2.05) is 30.3 Å². The first-order valence-corrected chi connectivity index (χ1v) is 9.33. The first-order valence-electron chi connectivity index (χ1n) is 9.33. The number of rotatable bonds is 6. The number of nitro benzene ring substituents is 1. The van der Waals surface area contributed by atoms with Crippen LogP contribution in [0.2, 0.25) is 0 Å². The summed E-state index contributed by atoms with van der Waals surface area (Å²) >= 11 is 0. The molecule has 31 heavy (non-hydrogen) atoms. The molecule has 152 valence electrons. The van der Waals surface area contributed by atoms with Gasteiger partial charge in [0.1, 0.15) is 5.82 Å². The highest BCUT2D eigenvalue weighted by atomic mass is 19.1. The van der Waals surface area contributed by atoms with Crippen LogP contribution in [0.5, 0.6) is 0 Å². The molecule has 4 rings (SSSR count). The summed E-state index contributed by atoms with van der Waals surface area (Å²) in [4.78, 5) is 19.6. The zero-order valence-corrected chi connectivity index (χ0v) is 16.1. The van der Waals surface area contributed by atoms with Crippen molar-refractivity contribution in [2.75, 3.05) is 5.43 Å². The van der Waals surface area contributed by atoms with Crippen LogP contribution in [0, 0.1) is 15.9 Å². The molecule has 0 atom stereocenters. The molecule has 0 bridgehead atoms. The lowest BCUT2D eigenvalue weighted by Gasteiger charge is -2.08. The molecule has 0 unspecified atom stereocenters. The smallest absolute Gasteiger partial charge is 0.258 e. The number of anilines is 1. The molecular weight excluding hydrogens is 397 g/mol. The molecule has 0 aliphatic carbocycles. The second-order valence-electron chi connectivity index (χ2n) is 6.52. The zero-order chi connectivity index (χ0) is 21.6. The molecule has 1 N–H and O–H groups in total. The van der Waals surface area contributed by atoms with Gasteiger partial charge in [0.15, 0.2) is 0 Å². The van der Waals surface area contributed by atoms with Gasteiger partial charge in [-0.3, -0.25) is 10.1 Å². The molecule has 3 aromatic carbocycles. The normalized spacial score (nSPS) is 10.9. The maximum atomic E-state index is 13.3. The third kappa shape index (κ3) is 4.76. The molecule has 7 nitrogen and oxygen atoms in total. The van der Waals surface area contributed by atoms with Crippen LogP contribution < -0.4 is 5.43 Å². The van der Waals surface area contributed by atoms with E-state index in [-0.39, 0.29) is 17.5 Å². The second kappa shape index (κ2) is 8.91. The van der Waals surface area contributed by atoms with Gasteiger partial charge in [-0.05, 0) is 36.4 Å². The summed E-state index contributed by atoms with van der Waals surface area (Å²) in [6.45, 7) is 0. The van der Waals surface area contributed by atoms with E-state index in [9.17, 15) is 14.5 Å². The second-order valence-corrected chi connectivity index (χ2v) is 6.52. The summed E-state index contributed by atoms with van der Waals surface area (Å²) in [6.07, 6.45) is 1.34. The van der Waals surface area contributed by atoms with Crippen molar-refractivity contribution in [1.29, 1.82) is 0 Å². The molecule has 0 fully saturated rings. The van der Waals surface area contributed by atoms with Gasteiger partial charge in [0, 0.05) is 17.2 Å². The SMILES string of the molecule is O=[N+]([O-])c1ccccc1/C=N/Nc1nc(-c2ccccc2)cc(-c2ccc(F)cc2)n1. The highest BCUT2D eigenvalue weighted by molar-refractivity contribution is 5.85. The number of para-hydroxylation sites is 1. The first kappa shape index (κ1) is 19.8. The van der Waals surface area contributed by atoms with E-state index < -0.39 is 4.92 Å². The predicted octanol–water partition coefficient (Wildman–Crippen LogP) is 5.30. The van der Waals surface area contributed by atoms with Crippen LogP contribution >= 0.6 is 0 Å².